The number of carbonyl (C=O) groups is 1. The number of hydrogen-bond donors (Lipinski definition) is 0. The van der Waals surface area contributed by atoms with Crippen molar-refractivity contribution in [2.75, 3.05) is 18.1 Å². The summed E-state index contributed by atoms with van der Waals surface area (Å²) in [5.74, 6) is 1.90. The van der Waals surface area contributed by atoms with Crippen molar-refractivity contribution in [3.05, 3.63) is 86.2 Å². The molecule has 0 N–H and O–H groups in total. The number of pyridine rings is 1. The monoisotopic (exact) mass is 517 g/mol. The summed E-state index contributed by atoms with van der Waals surface area (Å²) in [7, 11) is 0. The third kappa shape index (κ3) is 9.07. The zero-order valence-corrected chi connectivity index (χ0v) is 21.9. The first-order valence-corrected chi connectivity index (χ1v) is 12.8. The molecule has 0 spiro atoms. The molecular formula is C30H36FN5O2. The molecule has 1 fully saturated rings. The van der Waals surface area contributed by atoms with Crippen LogP contribution in [0.3, 0.4) is 0 Å². The predicted molar refractivity (Wildman–Crippen MR) is 148 cm³/mol. The van der Waals surface area contributed by atoms with Crippen molar-refractivity contribution < 1.29 is 13.7 Å². The number of anilines is 1. The second-order valence-corrected chi connectivity index (χ2v) is 8.56. The maximum Gasteiger partial charge on any atom is 0.227 e. The average molecular weight is 518 g/mol. The first kappa shape index (κ1) is 30.1. The Balaban J connectivity index is 0.00000121. The van der Waals surface area contributed by atoms with Crippen molar-refractivity contribution >= 4 is 11.6 Å². The molecule has 3 aromatic rings. The minimum absolute atomic E-state index is 0.0893. The second-order valence-electron chi connectivity index (χ2n) is 8.56. The summed E-state index contributed by atoms with van der Waals surface area (Å²) in [6.07, 6.45) is 7.55. The van der Waals surface area contributed by atoms with E-state index in [9.17, 15) is 9.18 Å². The fourth-order valence-electron chi connectivity index (χ4n) is 3.81. The van der Waals surface area contributed by atoms with Gasteiger partial charge in [-0.3, -0.25) is 14.2 Å². The summed E-state index contributed by atoms with van der Waals surface area (Å²) in [5.41, 5.74) is 2.83. The van der Waals surface area contributed by atoms with Crippen LogP contribution in [0.1, 0.15) is 68.1 Å². The number of halogens is 1. The molecule has 8 heteroatoms. The lowest BCUT2D eigenvalue weighted by molar-refractivity contribution is -0.118. The molecule has 1 amide bonds. The lowest BCUT2D eigenvalue weighted by Gasteiger charge is -2.23. The van der Waals surface area contributed by atoms with Crippen LogP contribution in [0.25, 0.3) is 11.3 Å². The van der Waals surface area contributed by atoms with Gasteiger partial charge in [0.1, 0.15) is 6.07 Å². The van der Waals surface area contributed by atoms with E-state index < -0.39 is 6.67 Å². The number of nitriles is 1. The first-order valence-electron chi connectivity index (χ1n) is 12.8. The number of unbranched alkanes of at least 4 members (excludes halogenated alkanes) is 2. The molecule has 200 valence electrons. The molecule has 1 aromatic carbocycles. The fraction of sp³-hybridized carbons (Fsp3) is 0.367. The van der Waals surface area contributed by atoms with E-state index in [1.807, 2.05) is 24.3 Å². The third-order valence-electron chi connectivity index (χ3n) is 5.87. The van der Waals surface area contributed by atoms with Gasteiger partial charge in [-0.25, -0.2) is 0 Å². The van der Waals surface area contributed by atoms with Gasteiger partial charge in [0.05, 0.1) is 17.9 Å². The Morgan fingerprint density at radius 3 is 2.55 bits per heavy atom. The molecule has 1 aliphatic rings. The van der Waals surface area contributed by atoms with Gasteiger partial charge in [-0.05, 0) is 56.4 Å². The molecular weight excluding hydrogens is 481 g/mol. The number of alkyl halides is 1. The summed E-state index contributed by atoms with van der Waals surface area (Å²) in [5, 5.41) is 13.0. The smallest absolute Gasteiger partial charge is 0.227 e. The zero-order valence-electron chi connectivity index (χ0n) is 21.9. The van der Waals surface area contributed by atoms with Gasteiger partial charge in [-0.2, -0.15) is 10.2 Å². The number of aromatic nitrogens is 3. The molecule has 0 atom stereocenters. The van der Waals surface area contributed by atoms with Gasteiger partial charge >= 0.3 is 0 Å². The van der Waals surface area contributed by atoms with Crippen LogP contribution in [0.2, 0.25) is 0 Å². The van der Waals surface area contributed by atoms with E-state index in [0.29, 0.717) is 23.9 Å². The molecule has 0 aliphatic heterocycles. The van der Waals surface area contributed by atoms with Gasteiger partial charge in [0.2, 0.25) is 11.8 Å². The zero-order chi connectivity index (χ0) is 27.8. The number of amides is 1. The molecule has 2 heterocycles. The molecule has 0 saturated heterocycles. The van der Waals surface area contributed by atoms with Gasteiger partial charge in [0, 0.05) is 42.8 Å². The van der Waals surface area contributed by atoms with Crippen LogP contribution in [0, 0.1) is 11.3 Å². The molecule has 0 radical (unpaired) electrons. The number of carbonyl (C=O) groups excluding carboxylic acids is 1. The number of nitrogens with zero attached hydrogens (tertiary/aromatic N) is 5. The van der Waals surface area contributed by atoms with Crippen LogP contribution in [0.4, 0.5) is 10.1 Å². The Hall–Kier alpha value is -4.12. The van der Waals surface area contributed by atoms with E-state index in [1.54, 1.807) is 17.0 Å². The Morgan fingerprint density at radius 2 is 1.89 bits per heavy atom. The van der Waals surface area contributed by atoms with Crippen molar-refractivity contribution in [3.8, 4) is 17.3 Å². The SMILES string of the molecule is C=C.C=C.N#Cc1ccc(-c2cccc(N(CCCCCc3nc(C4CC4)no3)C(=O)CCCF)c2)nc1. The maximum absolute atomic E-state index is 12.9. The quantitative estimate of drug-likeness (QED) is 0.190. The first-order chi connectivity index (χ1) is 18.7. The van der Waals surface area contributed by atoms with Crippen LogP contribution < -0.4 is 4.90 Å². The molecule has 0 unspecified atom stereocenters. The van der Waals surface area contributed by atoms with Crippen LogP contribution in [0.5, 0.6) is 0 Å². The number of benzene rings is 1. The van der Waals surface area contributed by atoms with E-state index >= 15 is 0 Å². The van der Waals surface area contributed by atoms with E-state index in [0.717, 1.165) is 61.3 Å². The van der Waals surface area contributed by atoms with Gasteiger partial charge in [0.25, 0.3) is 0 Å². The summed E-state index contributed by atoms with van der Waals surface area (Å²) in [6, 6.07) is 13.2. The molecule has 0 bridgehead atoms. The fourth-order valence-corrected chi connectivity index (χ4v) is 3.81. The maximum atomic E-state index is 12.9. The van der Waals surface area contributed by atoms with E-state index in [4.69, 9.17) is 9.78 Å². The highest BCUT2D eigenvalue weighted by Crippen LogP contribution is 2.38. The molecule has 38 heavy (non-hydrogen) atoms. The van der Waals surface area contributed by atoms with Crippen LogP contribution >= 0.6 is 0 Å². The number of aryl methyl sites for hydroxylation is 1. The molecule has 1 saturated carbocycles. The molecule has 2 aromatic heterocycles. The van der Waals surface area contributed by atoms with E-state index in [-0.39, 0.29) is 18.7 Å². The van der Waals surface area contributed by atoms with Crippen molar-refractivity contribution in [1.82, 2.24) is 15.1 Å². The minimum Gasteiger partial charge on any atom is -0.339 e. The highest BCUT2D eigenvalue weighted by Gasteiger charge is 2.28. The Bertz CT molecular complexity index is 1170. The number of hydrogen-bond acceptors (Lipinski definition) is 6. The summed E-state index contributed by atoms with van der Waals surface area (Å²) in [4.78, 5) is 23.4. The van der Waals surface area contributed by atoms with Crippen molar-refractivity contribution in [3.63, 3.8) is 0 Å². The normalized spacial score (nSPS) is 11.8. The van der Waals surface area contributed by atoms with Gasteiger partial charge in [-0.1, -0.05) is 23.7 Å². The lowest BCUT2D eigenvalue weighted by Crippen LogP contribution is -2.31. The van der Waals surface area contributed by atoms with Gasteiger partial charge < -0.3 is 9.42 Å². The average Bonchev–Trinajstić information content (AvgIpc) is 3.73. The Labute approximate surface area is 224 Å². The highest BCUT2D eigenvalue weighted by atomic mass is 19.1. The lowest BCUT2D eigenvalue weighted by atomic mass is 10.1. The topological polar surface area (TPSA) is 95.9 Å². The Morgan fingerprint density at radius 1 is 1.11 bits per heavy atom. The number of rotatable bonds is 12. The molecule has 7 nitrogen and oxygen atoms in total. The minimum atomic E-state index is -0.512. The predicted octanol–water partition coefficient (Wildman–Crippen LogP) is 6.98. The van der Waals surface area contributed by atoms with Crippen molar-refractivity contribution in [1.29, 1.82) is 5.26 Å². The largest absolute Gasteiger partial charge is 0.339 e. The van der Waals surface area contributed by atoms with Crippen LogP contribution in [-0.2, 0) is 11.2 Å². The summed E-state index contributed by atoms with van der Waals surface area (Å²) >= 11 is 0. The van der Waals surface area contributed by atoms with Crippen molar-refractivity contribution in [2.24, 2.45) is 0 Å². The molecule has 4 rings (SSSR count). The van der Waals surface area contributed by atoms with Crippen molar-refractivity contribution in [2.45, 2.75) is 57.3 Å². The second kappa shape index (κ2) is 16.6. The Kier molecular flexibility index (Phi) is 13.1. The molecule has 1 aliphatic carbocycles. The van der Waals surface area contributed by atoms with Crippen LogP contribution in [-0.4, -0.2) is 34.3 Å². The van der Waals surface area contributed by atoms with E-state index in [2.05, 4.69) is 47.5 Å². The van der Waals surface area contributed by atoms with Crippen LogP contribution in [0.15, 0.2) is 73.4 Å². The van der Waals surface area contributed by atoms with Gasteiger partial charge in [0.15, 0.2) is 5.82 Å². The third-order valence-corrected chi connectivity index (χ3v) is 5.87. The standard InChI is InChI=1S/C26H28FN5O2.2C2H4/c27-14-5-9-25(33)32(15-3-1-2-8-24-30-26(31-34-24)20-11-12-20)22-7-4-6-21(16-22)23-13-10-19(17-28)18-29-23;2*1-2/h4,6-7,10,13,16,18,20H,1-3,5,8-9,11-12,14-15H2;2*1-2H2. The summed E-state index contributed by atoms with van der Waals surface area (Å²) < 4.78 is 18.0. The highest BCUT2D eigenvalue weighted by molar-refractivity contribution is 5.94. The summed E-state index contributed by atoms with van der Waals surface area (Å²) in [6.45, 7) is 12.0. The van der Waals surface area contributed by atoms with Gasteiger partial charge in [-0.15, -0.1) is 26.3 Å². The van der Waals surface area contributed by atoms with E-state index in [1.165, 1.54) is 6.20 Å².